The first-order chi connectivity index (χ1) is 17.5. The summed E-state index contributed by atoms with van der Waals surface area (Å²) in [5, 5.41) is 0. The van der Waals surface area contributed by atoms with Gasteiger partial charge in [0.05, 0.1) is 0 Å². The van der Waals surface area contributed by atoms with E-state index < -0.39 is 0 Å². The van der Waals surface area contributed by atoms with E-state index in [0.717, 1.165) is 16.9 Å². The summed E-state index contributed by atoms with van der Waals surface area (Å²) >= 11 is 1.76. The van der Waals surface area contributed by atoms with E-state index in [0.29, 0.717) is 11.1 Å². The Labute approximate surface area is 216 Å². The number of benzene rings is 4. The SMILES string of the molecule is Cc1ccc(C2CC(C)c3cc(C(=O)NNC(=O)c4ccccc4)ccc3Sc3ccccc32)cc1. The summed E-state index contributed by atoms with van der Waals surface area (Å²) in [5.41, 5.74) is 11.1. The minimum absolute atomic E-state index is 0.235. The number of rotatable bonds is 3. The maximum absolute atomic E-state index is 12.9. The van der Waals surface area contributed by atoms with Crippen LogP contribution in [0.2, 0.25) is 0 Å². The molecule has 0 bridgehead atoms. The number of hydrazine groups is 1. The summed E-state index contributed by atoms with van der Waals surface area (Å²) in [4.78, 5) is 27.6. The van der Waals surface area contributed by atoms with Crippen molar-refractivity contribution in [2.75, 3.05) is 0 Å². The Hall–Kier alpha value is -3.83. The Kier molecular flexibility index (Phi) is 6.92. The first-order valence-corrected chi connectivity index (χ1v) is 12.9. The lowest BCUT2D eigenvalue weighted by Gasteiger charge is -2.29. The zero-order chi connectivity index (χ0) is 25.1. The number of nitrogens with one attached hydrogen (secondary N) is 2. The van der Waals surface area contributed by atoms with Crippen LogP contribution in [0.1, 0.15) is 68.2 Å². The van der Waals surface area contributed by atoms with E-state index in [4.69, 9.17) is 0 Å². The number of carbonyl (C=O) groups is 2. The van der Waals surface area contributed by atoms with Crippen molar-refractivity contribution >= 4 is 23.6 Å². The minimum atomic E-state index is -0.350. The first kappa shape index (κ1) is 23.9. The molecule has 4 aromatic carbocycles. The summed E-state index contributed by atoms with van der Waals surface area (Å²) in [6.07, 6.45) is 0.934. The molecule has 0 spiro atoms. The van der Waals surface area contributed by atoms with E-state index >= 15 is 0 Å². The summed E-state index contributed by atoms with van der Waals surface area (Å²) in [6, 6.07) is 32.1. The molecule has 5 heteroatoms. The van der Waals surface area contributed by atoms with Gasteiger partial charge < -0.3 is 0 Å². The second-order valence-corrected chi connectivity index (χ2v) is 10.4. The van der Waals surface area contributed by atoms with Crippen molar-refractivity contribution in [2.24, 2.45) is 0 Å². The van der Waals surface area contributed by atoms with Gasteiger partial charge in [0.15, 0.2) is 0 Å². The molecule has 0 aromatic heterocycles. The van der Waals surface area contributed by atoms with Gasteiger partial charge in [-0.1, -0.05) is 84.9 Å². The molecule has 4 nitrogen and oxygen atoms in total. The van der Waals surface area contributed by atoms with Crippen LogP contribution in [0.25, 0.3) is 0 Å². The van der Waals surface area contributed by atoms with Crippen LogP contribution in [0.3, 0.4) is 0 Å². The van der Waals surface area contributed by atoms with Gasteiger partial charge in [0, 0.05) is 26.8 Å². The van der Waals surface area contributed by atoms with Crippen molar-refractivity contribution in [2.45, 2.75) is 41.9 Å². The van der Waals surface area contributed by atoms with Crippen LogP contribution in [0.5, 0.6) is 0 Å². The van der Waals surface area contributed by atoms with Crippen LogP contribution >= 0.6 is 11.8 Å². The van der Waals surface area contributed by atoms with Gasteiger partial charge in [0.2, 0.25) is 0 Å². The quantitative estimate of drug-likeness (QED) is 0.307. The van der Waals surface area contributed by atoms with E-state index in [1.807, 2.05) is 24.3 Å². The zero-order valence-electron chi connectivity index (χ0n) is 20.3. The molecule has 0 fully saturated rings. The molecule has 2 unspecified atom stereocenters. The maximum atomic E-state index is 12.9. The molecule has 4 aromatic rings. The van der Waals surface area contributed by atoms with E-state index in [1.54, 1.807) is 36.0 Å². The Balaban J connectivity index is 1.42. The van der Waals surface area contributed by atoms with E-state index in [2.05, 4.69) is 73.2 Å². The summed E-state index contributed by atoms with van der Waals surface area (Å²) in [5.74, 6) is -0.188. The Morgan fingerprint density at radius 1 is 0.722 bits per heavy atom. The molecular weight excluding hydrogens is 464 g/mol. The van der Waals surface area contributed by atoms with Crippen molar-refractivity contribution in [1.82, 2.24) is 10.9 Å². The smallest absolute Gasteiger partial charge is 0.267 e. The van der Waals surface area contributed by atoms with E-state index in [9.17, 15) is 9.59 Å². The van der Waals surface area contributed by atoms with Gasteiger partial charge in [0.25, 0.3) is 11.8 Å². The monoisotopic (exact) mass is 492 g/mol. The lowest BCUT2D eigenvalue weighted by molar-refractivity contribution is 0.0846. The number of carbonyl (C=O) groups excluding carboxylic acids is 2. The fourth-order valence-corrected chi connectivity index (χ4v) is 5.94. The van der Waals surface area contributed by atoms with Crippen molar-refractivity contribution < 1.29 is 9.59 Å². The van der Waals surface area contributed by atoms with Crippen LogP contribution < -0.4 is 10.9 Å². The lowest BCUT2D eigenvalue weighted by Crippen LogP contribution is -2.41. The van der Waals surface area contributed by atoms with Gasteiger partial charge in [-0.3, -0.25) is 20.4 Å². The van der Waals surface area contributed by atoms with Crippen molar-refractivity contribution in [3.05, 3.63) is 130 Å². The normalized spacial score (nSPS) is 16.6. The molecule has 180 valence electrons. The van der Waals surface area contributed by atoms with Crippen LogP contribution in [0.15, 0.2) is 107 Å². The fourth-order valence-electron chi connectivity index (χ4n) is 4.72. The van der Waals surface area contributed by atoms with Gasteiger partial charge >= 0.3 is 0 Å². The average Bonchev–Trinajstić information content (AvgIpc) is 2.91. The molecule has 36 heavy (non-hydrogen) atoms. The van der Waals surface area contributed by atoms with Crippen LogP contribution in [0.4, 0.5) is 0 Å². The number of fused-ring (bicyclic) bond motifs is 2. The summed E-state index contributed by atoms with van der Waals surface area (Å²) in [6.45, 7) is 4.34. The van der Waals surface area contributed by atoms with E-state index in [1.165, 1.54) is 21.6 Å². The third-order valence-electron chi connectivity index (χ3n) is 6.71. The number of amides is 2. The third kappa shape index (κ3) is 5.07. The molecule has 0 aliphatic carbocycles. The van der Waals surface area contributed by atoms with Crippen LogP contribution in [-0.4, -0.2) is 11.8 Å². The van der Waals surface area contributed by atoms with Crippen LogP contribution in [0, 0.1) is 6.92 Å². The molecular formula is C31H28N2O2S. The number of hydrogen-bond acceptors (Lipinski definition) is 3. The van der Waals surface area contributed by atoms with Gasteiger partial charge in [-0.25, -0.2) is 0 Å². The van der Waals surface area contributed by atoms with Gasteiger partial charge in [0.1, 0.15) is 0 Å². The standard InChI is InChI=1S/C31H28N2O2S/c1-20-12-14-22(15-13-20)27-18-21(2)26-19-24(16-17-29(26)36-28-11-7-6-10-25(27)28)31(35)33-32-30(34)23-8-4-3-5-9-23/h3-17,19,21,27H,18H2,1-2H3,(H,32,34)(H,33,35). The maximum Gasteiger partial charge on any atom is 0.269 e. The zero-order valence-corrected chi connectivity index (χ0v) is 21.1. The van der Waals surface area contributed by atoms with Gasteiger partial charge in [-0.2, -0.15) is 0 Å². The molecule has 2 amide bonds. The van der Waals surface area contributed by atoms with Crippen molar-refractivity contribution in [3.8, 4) is 0 Å². The molecule has 5 rings (SSSR count). The first-order valence-electron chi connectivity index (χ1n) is 12.1. The lowest BCUT2D eigenvalue weighted by atomic mass is 9.81. The van der Waals surface area contributed by atoms with Gasteiger partial charge in [-0.15, -0.1) is 0 Å². The molecule has 1 aliphatic rings. The fraction of sp³-hybridized carbons (Fsp3) is 0.161. The Morgan fingerprint density at radius 3 is 2.11 bits per heavy atom. The molecule has 1 aliphatic heterocycles. The third-order valence-corrected chi connectivity index (χ3v) is 7.90. The van der Waals surface area contributed by atoms with Crippen molar-refractivity contribution in [3.63, 3.8) is 0 Å². The topological polar surface area (TPSA) is 58.2 Å². The Morgan fingerprint density at radius 2 is 1.36 bits per heavy atom. The number of hydrogen-bond donors (Lipinski definition) is 2. The highest BCUT2D eigenvalue weighted by Gasteiger charge is 2.26. The second-order valence-electron chi connectivity index (χ2n) is 9.27. The predicted molar refractivity (Wildman–Crippen MR) is 144 cm³/mol. The highest BCUT2D eigenvalue weighted by Crippen LogP contribution is 2.46. The average molecular weight is 493 g/mol. The summed E-state index contributed by atoms with van der Waals surface area (Å²) in [7, 11) is 0. The summed E-state index contributed by atoms with van der Waals surface area (Å²) < 4.78 is 0. The van der Waals surface area contributed by atoms with E-state index in [-0.39, 0.29) is 23.7 Å². The predicted octanol–water partition coefficient (Wildman–Crippen LogP) is 6.86. The molecule has 0 saturated heterocycles. The van der Waals surface area contributed by atoms with Crippen molar-refractivity contribution in [1.29, 1.82) is 0 Å². The highest BCUT2D eigenvalue weighted by atomic mass is 32.2. The highest BCUT2D eigenvalue weighted by molar-refractivity contribution is 7.99. The van der Waals surface area contributed by atoms with Crippen LogP contribution in [-0.2, 0) is 0 Å². The molecule has 2 atom stereocenters. The number of aryl methyl sites for hydroxylation is 1. The molecule has 1 heterocycles. The minimum Gasteiger partial charge on any atom is -0.267 e. The molecule has 2 N–H and O–H groups in total. The van der Waals surface area contributed by atoms with Gasteiger partial charge in [-0.05, 0) is 72.4 Å². The largest absolute Gasteiger partial charge is 0.269 e. The molecule has 0 saturated carbocycles. The second kappa shape index (κ2) is 10.4. The Bertz CT molecular complexity index is 1400. The molecule has 0 radical (unpaired) electrons.